The summed E-state index contributed by atoms with van der Waals surface area (Å²) < 4.78 is 14.2. The van der Waals surface area contributed by atoms with E-state index in [9.17, 15) is 23.6 Å². The lowest BCUT2D eigenvalue weighted by molar-refractivity contribution is -0.136. The van der Waals surface area contributed by atoms with Crippen LogP contribution < -0.4 is 16.0 Å². The molecule has 0 bridgehead atoms. The number of nitrogens with one attached hydrogen (secondary N) is 3. The molecule has 1 unspecified atom stereocenters. The first-order chi connectivity index (χ1) is 16.4. The highest BCUT2D eigenvalue weighted by atomic mass is 19.1. The van der Waals surface area contributed by atoms with Gasteiger partial charge in [0.2, 0.25) is 5.91 Å². The summed E-state index contributed by atoms with van der Waals surface area (Å²) in [6.07, 6.45) is 8.31. The molecule has 1 aliphatic heterocycles. The number of likely N-dealkylation sites (tertiary alicyclic amines) is 1. The van der Waals surface area contributed by atoms with E-state index in [2.05, 4.69) is 16.0 Å². The molecule has 3 N–H and O–H groups in total. The monoisotopic (exact) mass is 472 g/mol. The average molecular weight is 473 g/mol. The number of likely N-dealkylation sites (N-methyl/N-ethyl adjacent to an activating group) is 1. The van der Waals surface area contributed by atoms with E-state index in [0.29, 0.717) is 29.3 Å². The van der Waals surface area contributed by atoms with Crippen LogP contribution in [-0.2, 0) is 20.9 Å². The predicted octanol–water partition coefficient (Wildman–Crippen LogP) is 1.89. The Hall–Kier alpha value is -3.59. The van der Waals surface area contributed by atoms with E-state index in [1.807, 2.05) is 21.0 Å². The summed E-state index contributed by atoms with van der Waals surface area (Å²) in [4.78, 5) is 48.5. The van der Waals surface area contributed by atoms with Crippen molar-refractivity contribution in [2.24, 2.45) is 0 Å². The van der Waals surface area contributed by atoms with Crippen molar-refractivity contribution in [1.82, 2.24) is 20.9 Å². The van der Waals surface area contributed by atoms with Crippen molar-refractivity contribution >= 4 is 24.4 Å². The van der Waals surface area contributed by atoms with Crippen LogP contribution in [0, 0.1) is 5.82 Å². The molecule has 0 spiro atoms. The summed E-state index contributed by atoms with van der Waals surface area (Å²) in [6, 6.07) is 3.78. The van der Waals surface area contributed by atoms with E-state index in [1.165, 1.54) is 18.0 Å². The largest absolute Gasteiger partial charge is 0.386 e. The molecular formula is C25H33FN4O4. The Labute approximate surface area is 200 Å². The molecule has 2 amide bonds. The molecule has 0 aliphatic carbocycles. The highest BCUT2D eigenvalue weighted by Gasteiger charge is 2.37. The topological polar surface area (TPSA) is 108 Å². The van der Waals surface area contributed by atoms with Gasteiger partial charge in [0.1, 0.15) is 18.1 Å². The van der Waals surface area contributed by atoms with E-state index in [0.717, 1.165) is 0 Å². The van der Waals surface area contributed by atoms with Gasteiger partial charge in [0.25, 0.3) is 5.91 Å². The van der Waals surface area contributed by atoms with Crippen molar-refractivity contribution < 1.29 is 23.6 Å². The second-order valence-corrected chi connectivity index (χ2v) is 7.40. The Morgan fingerprint density at radius 1 is 1.24 bits per heavy atom. The molecule has 2 rings (SSSR count). The molecule has 1 aliphatic rings. The SMILES string of the molecule is CNC.C\C=C/C=C1/C(=O)N(C(CCC=O)C(=O)NC)C/C1=C\NCc1cccc(C=O)c1F. The fourth-order valence-electron chi connectivity index (χ4n) is 3.31. The number of carbonyl (C=O) groups is 4. The molecule has 184 valence electrons. The van der Waals surface area contributed by atoms with Crippen LogP contribution in [0.4, 0.5) is 4.39 Å². The van der Waals surface area contributed by atoms with Gasteiger partial charge in [-0.05, 0) is 45.2 Å². The number of carbonyl (C=O) groups excluding carboxylic acids is 4. The summed E-state index contributed by atoms with van der Waals surface area (Å²) in [7, 11) is 5.23. The number of amides is 2. The van der Waals surface area contributed by atoms with E-state index in [4.69, 9.17) is 0 Å². The van der Waals surface area contributed by atoms with Gasteiger partial charge in [0.05, 0.1) is 5.56 Å². The minimum atomic E-state index is -0.774. The number of aldehydes is 2. The third-order valence-electron chi connectivity index (χ3n) is 4.92. The third-order valence-corrected chi connectivity index (χ3v) is 4.92. The van der Waals surface area contributed by atoms with Crippen molar-refractivity contribution in [3.05, 3.63) is 70.7 Å². The smallest absolute Gasteiger partial charge is 0.255 e. The van der Waals surface area contributed by atoms with E-state index in [-0.39, 0.29) is 43.3 Å². The number of hydrogen-bond acceptors (Lipinski definition) is 6. The number of halogens is 1. The van der Waals surface area contributed by atoms with E-state index >= 15 is 0 Å². The number of rotatable bonds is 10. The zero-order valence-corrected chi connectivity index (χ0v) is 20.1. The molecule has 0 saturated carbocycles. The molecule has 1 heterocycles. The highest BCUT2D eigenvalue weighted by Crippen LogP contribution is 2.27. The second kappa shape index (κ2) is 15.3. The third kappa shape index (κ3) is 7.77. The molecule has 1 aromatic rings. The van der Waals surface area contributed by atoms with Gasteiger partial charge >= 0.3 is 0 Å². The van der Waals surface area contributed by atoms with E-state index < -0.39 is 11.9 Å². The maximum Gasteiger partial charge on any atom is 0.255 e. The minimum Gasteiger partial charge on any atom is -0.386 e. The Morgan fingerprint density at radius 2 is 1.94 bits per heavy atom. The summed E-state index contributed by atoms with van der Waals surface area (Å²) in [5.41, 5.74) is 1.34. The number of allylic oxidation sites excluding steroid dienone is 3. The normalized spacial score (nSPS) is 16.4. The zero-order chi connectivity index (χ0) is 25.5. The Bertz CT molecular complexity index is 956. The van der Waals surface area contributed by atoms with Gasteiger partial charge in [-0.3, -0.25) is 14.4 Å². The van der Waals surface area contributed by atoms with Gasteiger partial charge in [-0.1, -0.05) is 24.3 Å². The first-order valence-corrected chi connectivity index (χ1v) is 10.9. The Kier molecular flexibility index (Phi) is 12.8. The summed E-state index contributed by atoms with van der Waals surface area (Å²) in [5.74, 6) is -1.26. The van der Waals surface area contributed by atoms with Crippen LogP contribution in [0.5, 0.6) is 0 Å². The molecule has 0 aromatic heterocycles. The van der Waals surface area contributed by atoms with Crippen LogP contribution in [-0.4, -0.2) is 63.0 Å². The summed E-state index contributed by atoms with van der Waals surface area (Å²) >= 11 is 0. The van der Waals surface area contributed by atoms with Crippen LogP contribution >= 0.6 is 0 Å². The molecule has 8 nitrogen and oxygen atoms in total. The van der Waals surface area contributed by atoms with Crippen molar-refractivity contribution in [3.8, 4) is 0 Å². The van der Waals surface area contributed by atoms with Crippen LogP contribution in [0.3, 0.4) is 0 Å². The molecule has 1 aromatic carbocycles. The van der Waals surface area contributed by atoms with Crippen LogP contribution in [0.2, 0.25) is 0 Å². The average Bonchev–Trinajstić information content (AvgIpc) is 3.14. The zero-order valence-electron chi connectivity index (χ0n) is 20.1. The highest BCUT2D eigenvalue weighted by molar-refractivity contribution is 6.04. The first-order valence-electron chi connectivity index (χ1n) is 10.9. The number of hydrogen-bond donors (Lipinski definition) is 3. The molecule has 0 radical (unpaired) electrons. The molecule has 34 heavy (non-hydrogen) atoms. The Morgan fingerprint density at radius 3 is 2.53 bits per heavy atom. The summed E-state index contributed by atoms with van der Waals surface area (Å²) in [6.45, 7) is 2.10. The van der Waals surface area contributed by atoms with Gasteiger partial charge in [0, 0.05) is 43.9 Å². The van der Waals surface area contributed by atoms with Crippen LogP contribution in [0.1, 0.15) is 35.7 Å². The number of nitrogens with zero attached hydrogens (tertiary/aromatic N) is 1. The fourth-order valence-corrected chi connectivity index (χ4v) is 3.31. The van der Waals surface area contributed by atoms with E-state index in [1.54, 1.807) is 36.6 Å². The molecule has 1 fully saturated rings. The first kappa shape index (κ1) is 28.4. The van der Waals surface area contributed by atoms with Gasteiger partial charge in [-0.2, -0.15) is 0 Å². The van der Waals surface area contributed by atoms with Crippen LogP contribution in [0.15, 0.2) is 53.8 Å². The molecule has 1 saturated heterocycles. The minimum absolute atomic E-state index is 0.0218. The van der Waals surface area contributed by atoms with Crippen molar-refractivity contribution in [2.45, 2.75) is 32.4 Å². The summed E-state index contributed by atoms with van der Waals surface area (Å²) in [5, 5.41) is 8.28. The lowest BCUT2D eigenvalue weighted by Gasteiger charge is -2.25. The van der Waals surface area contributed by atoms with Gasteiger partial charge in [0.15, 0.2) is 6.29 Å². The maximum atomic E-state index is 14.2. The second-order valence-electron chi connectivity index (χ2n) is 7.40. The molecule has 9 heteroatoms. The molecule has 1 atom stereocenters. The predicted molar refractivity (Wildman–Crippen MR) is 129 cm³/mol. The van der Waals surface area contributed by atoms with Gasteiger partial charge in [-0.25, -0.2) is 4.39 Å². The van der Waals surface area contributed by atoms with Gasteiger partial charge in [-0.15, -0.1) is 0 Å². The van der Waals surface area contributed by atoms with Crippen molar-refractivity contribution in [2.75, 3.05) is 27.7 Å². The standard InChI is InChI=1S/C23H26FN3O4.C2H7N/c1-3-4-9-19-18(13-26-12-16-7-5-8-17(15-29)21(16)24)14-27(23(19)31)20(10-6-11-28)22(30)25-2;1-3-2/h3-5,7-9,11,13,15,20,26H,6,10,12,14H2,1-2H3,(H,25,30);3H,1-2H3/b4-3-,18-13+,19-9+;. The quantitative estimate of drug-likeness (QED) is 0.355. The fraction of sp³-hybridized carbons (Fsp3) is 0.360. The Balaban J connectivity index is 0.00000182. The maximum absolute atomic E-state index is 14.2. The van der Waals surface area contributed by atoms with Crippen LogP contribution in [0.25, 0.3) is 0 Å². The lowest BCUT2D eigenvalue weighted by atomic mass is 10.1. The lowest BCUT2D eigenvalue weighted by Crippen LogP contribution is -2.46. The van der Waals surface area contributed by atoms with Gasteiger partial charge < -0.3 is 25.6 Å². The van der Waals surface area contributed by atoms with Crippen molar-refractivity contribution in [3.63, 3.8) is 0 Å². The molecular weight excluding hydrogens is 439 g/mol. The number of benzene rings is 1. The van der Waals surface area contributed by atoms with Crippen molar-refractivity contribution in [1.29, 1.82) is 0 Å².